The van der Waals surface area contributed by atoms with Crippen molar-refractivity contribution in [1.82, 2.24) is 0 Å². The second-order valence-corrected chi connectivity index (χ2v) is 5.10. The Balaban J connectivity index is 1.92. The lowest BCUT2D eigenvalue weighted by atomic mass is 10.0. The van der Waals surface area contributed by atoms with E-state index in [-0.39, 0.29) is 5.56 Å². The minimum Gasteiger partial charge on any atom is -0.489 e. The summed E-state index contributed by atoms with van der Waals surface area (Å²) >= 11 is 0. The highest BCUT2D eigenvalue weighted by Gasteiger charge is 2.17. The van der Waals surface area contributed by atoms with Crippen LogP contribution in [-0.4, -0.2) is 16.9 Å². The SMILES string of the molecule is O=C(O)C(=O)c1cccc2ccc(OCc3ccccc3)cc12. The van der Waals surface area contributed by atoms with Crippen LogP contribution >= 0.6 is 0 Å². The quantitative estimate of drug-likeness (QED) is 0.577. The van der Waals surface area contributed by atoms with Crippen molar-refractivity contribution in [3.05, 3.63) is 77.9 Å². The highest BCUT2D eigenvalue weighted by Crippen LogP contribution is 2.25. The molecule has 3 aromatic rings. The summed E-state index contributed by atoms with van der Waals surface area (Å²) in [5.74, 6) is -1.80. The van der Waals surface area contributed by atoms with E-state index in [1.807, 2.05) is 42.5 Å². The van der Waals surface area contributed by atoms with Crippen LogP contribution < -0.4 is 4.74 Å². The van der Waals surface area contributed by atoms with Gasteiger partial charge in [0.2, 0.25) is 0 Å². The molecule has 3 aromatic carbocycles. The first-order chi connectivity index (χ1) is 11.1. The Morgan fingerprint density at radius 1 is 0.913 bits per heavy atom. The van der Waals surface area contributed by atoms with Gasteiger partial charge in [0.05, 0.1) is 0 Å². The van der Waals surface area contributed by atoms with Crippen LogP contribution in [0.25, 0.3) is 10.8 Å². The largest absolute Gasteiger partial charge is 0.489 e. The van der Waals surface area contributed by atoms with E-state index in [1.165, 1.54) is 6.07 Å². The molecule has 1 N–H and O–H groups in total. The number of carbonyl (C=O) groups excluding carboxylic acids is 1. The van der Waals surface area contributed by atoms with Gasteiger partial charge in [-0.3, -0.25) is 4.79 Å². The number of benzene rings is 3. The van der Waals surface area contributed by atoms with Crippen LogP contribution in [0.5, 0.6) is 5.75 Å². The van der Waals surface area contributed by atoms with Crippen LogP contribution in [-0.2, 0) is 11.4 Å². The molecule has 0 unspecified atom stereocenters. The number of rotatable bonds is 5. The van der Waals surface area contributed by atoms with E-state index in [2.05, 4.69) is 0 Å². The van der Waals surface area contributed by atoms with E-state index in [0.717, 1.165) is 10.9 Å². The summed E-state index contributed by atoms with van der Waals surface area (Å²) in [6, 6.07) is 20.1. The van der Waals surface area contributed by atoms with Gasteiger partial charge in [0.1, 0.15) is 12.4 Å². The number of carboxylic acids is 1. The number of carbonyl (C=O) groups is 2. The van der Waals surface area contributed by atoms with Gasteiger partial charge in [-0.1, -0.05) is 54.6 Å². The zero-order chi connectivity index (χ0) is 16.2. The minimum atomic E-state index is -1.46. The molecule has 0 aliphatic heterocycles. The predicted octanol–water partition coefficient (Wildman–Crippen LogP) is 3.69. The first kappa shape index (κ1) is 14.8. The number of aliphatic carboxylic acids is 1. The third-order valence-electron chi connectivity index (χ3n) is 3.54. The molecule has 3 rings (SSSR count). The minimum absolute atomic E-state index is 0.167. The third kappa shape index (κ3) is 3.21. The fourth-order valence-corrected chi connectivity index (χ4v) is 2.40. The molecule has 0 amide bonds. The summed E-state index contributed by atoms with van der Waals surface area (Å²) in [6.45, 7) is 0.404. The number of Topliss-reactive ketones (excluding diaryl/α,β-unsaturated/α-hetero) is 1. The zero-order valence-electron chi connectivity index (χ0n) is 12.2. The number of ketones is 1. The van der Waals surface area contributed by atoms with Crippen molar-refractivity contribution in [1.29, 1.82) is 0 Å². The van der Waals surface area contributed by atoms with Crippen LogP contribution in [0.4, 0.5) is 0 Å². The second kappa shape index (κ2) is 6.32. The van der Waals surface area contributed by atoms with Crippen LogP contribution in [0, 0.1) is 0 Å². The fourth-order valence-electron chi connectivity index (χ4n) is 2.40. The number of fused-ring (bicyclic) bond motifs is 1. The Morgan fingerprint density at radius 2 is 1.70 bits per heavy atom. The maximum atomic E-state index is 11.8. The normalized spacial score (nSPS) is 10.4. The van der Waals surface area contributed by atoms with Crippen molar-refractivity contribution < 1.29 is 19.4 Å². The average Bonchev–Trinajstić information content (AvgIpc) is 2.59. The summed E-state index contributed by atoms with van der Waals surface area (Å²) in [7, 11) is 0. The van der Waals surface area contributed by atoms with E-state index < -0.39 is 11.8 Å². The Labute approximate surface area is 132 Å². The topological polar surface area (TPSA) is 63.6 Å². The molecule has 0 aliphatic rings. The Hall–Kier alpha value is -3.14. The number of ether oxygens (including phenoxy) is 1. The highest BCUT2D eigenvalue weighted by molar-refractivity contribution is 6.42. The number of hydrogen-bond acceptors (Lipinski definition) is 3. The molecule has 0 fully saturated rings. The van der Waals surface area contributed by atoms with E-state index in [1.54, 1.807) is 18.2 Å². The molecule has 0 atom stereocenters. The van der Waals surface area contributed by atoms with E-state index >= 15 is 0 Å². The smallest absolute Gasteiger partial charge is 0.377 e. The lowest BCUT2D eigenvalue weighted by molar-refractivity contribution is -0.131. The molecular weight excluding hydrogens is 292 g/mol. The van der Waals surface area contributed by atoms with Crippen molar-refractivity contribution in [2.45, 2.75) is 6.61 Å². The van der Waals surface area contributed by atoms with Gasteiger partial charge in [0.15, 0.2) is 0 Å². The molecule has 114 valence electrons. The standard InChI is InChI=1S/C19H14O4/c20-18(19(21)22)16-8-4-7-14-9-10-15(11-17(14)16)23-12-13-5-2-1-3-6-13/h1-11H,12H2,(H,21,22). The average molecular weight is 306 g/mol. The maximum Gasteiger partial charge on any atom is 0.377 e. The molecule has 0 radical (unpaired) electrons. The lowest BCUT2D eigenvalue weighted by Gasteiger charge is -2.09. The van der Waals surface area contributed by atoms with E-state index in [9.17, 15) is 9.59 Å². The summed E-state index contributed by atoms with van der Waals surface area (Å²) in [6.07, 6.45) is 0. The first-order valence-electron chi connectivity index (χ1n) is 7.12. The van der Waals surface area contributed by atoms with Gasteiger partial charge in [-0.05, 0) is 28.5 Å². The monoisotopic (exact) mass is 306 g/mol. The lowest BCUT2D eigenvalue weighted by Crippen LogP contribution is -2.13. The third-order valence-corrected chi connectivity index (χ3v) is 3.54. The molecule has 0 bridgehead atoms. The summed E-state index contributed by atoms with van der Waals surface area (Å²) in [4.78, 5) is 22.8. The van der Waals surface area contributed by atoms with Crippen LogP contribution in [0.3, 0.4) is 0 Å². The van der Waals surface area contributed by atoms with Gasteiger partial charge < -0.3 is 9.84 Å². The highest BCUT2D eigenvalue weighted by atomic mass is 16.5. The van der Waals surface area contributed by atoms with Crippen molar-refractivity contribution in [2.24, 2.45) is 0 Å². The number of carboxylic acid groups (broad SMARTS) is 1. The molecular formula is C19H14O4. The number of hydrogen-bond donors (Lipinski definition) is 1. The van der Waals surface area contributed by atoms with Crippen molar-refractivity contribution in [3.8, 4) is 5.75 Å². The van der Waals surface area contributed by atoms with Gasteiger partial charge in [-0.25, -0.2) is 4.79 Å². The second-order valence-electron chi connectivity index (χ2n) is 5.10. The van der Waals surface area contributed by atoms with Crippen LogP contribution in [0.1, 0.15) is 15.9 Å². The van der Waals surface area contributed by atoms with Crippen molar-refractivity contribution >= 4 is 22.5 Å². The molecule has 0 heterocycles. The van der Waals surface area contributed by atoms with E-state index in [0.29, 0.717) is 17.7 Å². The van der Waals surface area contributed by atoms with Crippen molar-refractivity contribution in [3.63, 3.8) is 0 Å². The maximum absolute atomic E-state index is 11.8. The Bertz CT molecular complexity index is 869. The van der Waals surface area contributed by atoms with Gasteiger partial charge in [-0.2, -0.15) is 0 Å². The van der Waals surface area contributed by atoms with Gasteiger partial charge in [0.25, 0.3) is 5.78 Å². The van der Waals surface area contributed by atoms with Gasteiger partial charge in [0, 0.05) is 5.56 Å². The summed E-state index contributed by atoms with van der Waals surface area (Å²) in [5.41, 5.74) is 1.20. The predicted molar refractivity (Wildman–Crippen MR) is 86.7 cm³/mol. The molecule has 0 saturated carbocycles. The van der Waals surface area contributed by atoms with Crippen LogP contribution in [0.15, 0.2) is 66.7 Å². The molecule has 0 saturated heterocycles. The zero-order valence-corrected chi connectivity index (χ0v) is 12.2. The molecule has 0 aromatic heterocycles. The molecule has 23 heavy (non-hydrogen) atoms. The van der Waals surface area contributed by atoms with Crippen molar-refractivity contribution in [2.75, 3.05) is 0 Å². The molecule has 4 heteroatoms. The molecule has 0 spiro atoms. The molecule has 0 aliphatic carbocycles. The Morgan fingerprint density at radius 3 is 2.43 bits per heavy atom. The fraction of sp³-hybridized carbons (Fsp3) is 0.0526. The first-order valence-corrected chi connectivity index (χ1v) is 7.12. The van der Waals surface area contributed by atoms with Gasteiger partial charge >= 0.3 is 5.97 Å². The van der Waals surface area contributed by atoms with Gasteiger partial charge in [-0.15, -0.1) is 0 Å². The Kier molecular flexibility index (Phi) is 4.06. The summed E-state index contributed by atoms with van der Waals surface area (Å²) in [5, 5.41) is 10.3. The van der Waals surface area contributed by atoms with Crippen LogP contribution in [0.2, 0.25) is 0 Å². The van der Waals surface area contributed by atoms with E-state index in [4.69, 9.17) is 9.84 Å². The summed E-state index contributed by atoms with van der Waals surface area (Å²) < 4.78 is 5.74. The molecule has 4 nitrogen and oxygen atoms in total.